The van der Waals surface area contributed by atoms with Crippen molar-refractivity contribution in [2.24, 2.45) is 0 Å². The minimum Gasteiger partial charge on any atom is -0.496 e. The van der Waals surface area contributed by atoms with Crippen molar-refractivity contribution in [2.45, 2.75) is 6.04 Å². The van der Waals surface area contributed by atoms with Crippen molar-refractivity contribution in [3.63, 3.8) is 0 Å². The number of methoxy groups -OCH3 is 2. The number of halogens is 1. The van der Waals surface area contributed by atoms with E-state index in [2.05, 4.69) is 69.4 Å². The fourth-order valence-corrected chi connectivity index (χ4v) is 4.56. The maximum absolute atomic E-state index is 13.4. The summed E-state index contributed by atoms with van der Waals surface area (Å²) in [4.78, 5) is 17.7. The minimum atomic E-state index is -0.0566. The van der Waals surface area contributed by atoms with E-state index in [0.717, 1.165) is 17.6 Å². The van der Waals surface area contributed by atoms with Gasteiger partial charge in [0.2, 0.25) is 0 Å². The second-order valence-electron chi connectivity index (χ2n) is 7.73. The lowest BCUT2D eigenvalue weighted by atomic mass is 9.96. The highest BCUT2D eigenvalue weighted by atomic mass is 79.9. The molecule has 0 saturated carbocycles. The number of carbonyl (C=O) groups excluding carboxylic acids is 1. The van der Waals surface area contributed by atoms with Crippen LogP contribution in [0, 0.1) is 0 Å². The van der Waals surface area contributed by atoms with E-state index in [1.165, 1.54) is 11.1 Å². The molecule has 0 aliphatic carbocycles. The van der Waals surface area contributed by atoms with Gasteiger partial charge in [-0.05, 0) is 35.4 Å². The third-order valence-corrected chi connectivity index (χ3v) is 6.44. The summed E-state index contributed by atoms with van der Waals surface area (Å²) in [5, 5.41) is 0. The summed E-state index contributed by atoms with van der Waals surface area (Å²) in [5.41, 5.74) is 2.98. The van der Waals surface area contributed by atoms with E-state index in [1.54, 1.807) is 26.4 Å². The molecule has 3 aromatic rings. The molecule has 6 heteroatoms. The third-order valence-electron chi connectivity index (χ3n) is 5.91. The van der Waals surface area contributed by atoms with Crippen LogP contribution in [0.1, 0.15) is 27.5 Å². The van der Waals surface area contributed by atoms with Crippen molar-refractivity contribution in [3.05, 3.63) is 94.0 Å². The summed E-state index contributed by atoms with van der Waals surface area (Å²) < 4.78 is 11.9. The number of carbonyl (C=O) groups is 1. The molecule has 3 aromatic carbocycles. The van der Waals surface area contributed by atoms with Crippen LogP contribution in [0.2, 0.25) is 0 Å². The summed E-state index contributed by atoms with van der Waals surface area (Å²) >= 11 is 3.54. The first-order valence-electron chi connectivity index (χ1n) is 10.7. The fraction of sp³-hybridized carbons (Fsp3) is 0.269. The summed E-state index contributed by atoms with van der Waals surface area (Å²) in [5.74, 6) is 1.02. The molecule has 1 aliphatic rings. The monoisotopic (exact) mass is 494 g/mol. The van der Waals surface area contributed by atoms with E-state index in [1.807, 2.05) is 17.0 Å². The van der Waals surface area contributed by atoms with E-state index in [9.17, 15) is 4.79 Å². The quantitative estimate of drug-likeness (QED) is 0.482. The molecule has 0 unspecified atom stereocenters. The zero-order valence-electron chi connectivity index (χ0n) is 18.3. The highest BCUT2D eigenvalue weighted by molar-refractivity contribution is 9.10. The summed E-state index contributed by atoms with van der Waals surface area (Å²) in [6, 6.07) is 24.6. The van der Waals surface area contributed by atoms with Crippen LogP contribution >= 0.6 is 15.9 Å². The molecule has 0 radical (unpaired) electrons. The van der Waals surface area contributed by atoms with E-state index >= 15 is 0 Å². The van der Waals surface area contributed by atoms with Gasteiger partial charge in [-0.1, -0.05) is 64.5 Å². The first-order chi connectivity index (χ1) is 15.6. The molecular formula is C26H27BrN2O3. The lowest BCUT2D eigenvalue weighted by Gasteiger charge is -2.40. The molecule has 0 bridgehead atoms. The van der Waals surface area contributed by atoms with Crippen LogP contribution in [0.25, 0.3) is 0 Å². The van der Waals surface area contributed by atoms with Crippen molar-refractivity contribution in [2.75, 3.05) is 40.4 Å². The number of nitrogens with zero attached hydrogens (tertiary/aromatic N) is 2. The Morgan fingerprint density at radius 1 is 0.781 bits per heavy atom. The summed E-state index contributed by atoms with van der Waals surface area (Å²) in [6.07, 6.45) is 0. The number of piperazine rings is 1. The van der Waals surface area contributed by atoms with Gasteiger partial charge in [-0.15, -0.1) is 0 Å². The Labute approximate surface area is 197 Å². The molecular weight excluding hydrogens is 468 g/mol. The fourth-order valence-electron chi connectivity index (χ4n) is 4.30. The summed E-state index contributed by atoms with van der Waals surface area (Å²) in [6.45, 7) is 2.83. The molecule has 32 heavy (non-hydrogen) atoms. The predicted molar refractivity (Wildman–Crippen MR) is 129 cm³/mol. The lowest BCUT2D eigenvalue weighted by Crippen LogP contribution is -2.50. The van der Waals surface area contributed by atoms with Gasteiger partial charge in [0.15, 0.2) is 0 Å². The van der Waals surface area contributed by atoms with Gasteiger partial charge in [-0.25, -0.2) is 0 Å². The molecule has 0 N–H and O–H groups in total. The molecule has 166 valence electrons. The normalized spacial score (nSPS) is 15.3. The van der Waals surface area contributed by atoms with E-state index < -0.39 is 0 Å². The molecule has 0 aromatic heterocycles. The third kappa shape index (κ3) is 4.66. The predicted octanol–water partition coefficient (Wildman–Crippen LogP) is 5.01. The molecule has 1 atom stereocenters. The van der Waals surface area contributed by atoms with Crippen molar-refractivity contribution >= 4 is 21.8 Å². The topological polar surface area (TPSA) is 42.0 Å². The average Bonchev–Trinajstić information content (AvgIpc) is 2.85. The zero-order chi connectivity index (χ0) is 22.5. The molecule has 4 rings (SSSR count). The first kappa shape index (κ1) is 22.4. The van der Waals surface area contributed by atoms with Gasteiger partial charge in [0.1, 0.15) is 17.1 Å². The van der Waals surface area contributed by atoms with Crippen molar-refractivity contribution in [1.82, 2.24) is 9.80 Å². The van der Waals surface area contributed by atoms with Crippen LogP contribution in [0.4, 0.5) is 0 Å². The van der Waals surface area contributed by atoms with Gasteiger partial charge in [0, 0.05) is 30.7 Å². The Morgan fingerprint density at radius 3 is 1.91 bits per heavy atom. The highest BCUT2D eigenvalue weighted by Gasteiger charge is 2.30. The molecule has 1 saturated heterocycles. The van der Waals surface area contributed by atoms with Crippen LogP contribution in [0.3, 0.4) is 0 Å². The molecule has 1 amide bonds. The van der Waals surface area contributed by atoms with Gasteiger partial charge < -0.3 is 14.4 Å². The van der Waals surface area contributed by atoms with Crippen molar-refractivity contribution in [3.8, 4) is 11.5 Å². The second kappa shape index (κ2) is 10.2. The van der Waals surface area contributed by atoms with Gasteiger partial charge in [-0.2, -0.15) is 0 Å². The number of amides is 1. The van der Waals surface area contributed by atoms with Crippen molar-refractivity contribution in [1.29, 1.82) is 0 Å². The lowest BCUT2D eigenvalue weighted by molar-refractivity contribution is 0.0591. The van der Waals surface area contributed by atoms with E-state index in [-0.39, 0.29) is 11.9 Å². The Hall–Kier alpha value is -2.83. The molecule has 1 fully saturated rings. The zero-order valence-corrected chi connectivity index (χ0v) is 19.9. The Bertz CT molecular complexity index is 1030. The first-order valence-corrected chi connectivity index (χ1v) is 11.5. The van der Waals surface area contributed by atoms with Crippen LogP contribution < -0.4 is 9.47 Å². The van der Waals surface area contributed by atoms with Gasteiger partial charge >= 0.3 is 0 Å². The van der Waals surface area contributed by atoms with Crippen LogP contribution in [0.5, 0.6) is 11.5 Å². The smallest absolute Gasteiger partial charge is 0.261 e. The van der Waals surface area contributed by atoms with E-state index in [4.69, 9.17) is 9.47 Å². The van der Waals surface area contributed by atoms with Gasteiger partial charge in [0.05, 0.1) is 20.3 Å². The molecule has 0 spiro atoms. The number of rotatable bonds is 6. The minimum absolute atomic E-state index is 0.0566. The average molecular weight is 495 g/mol. The largest absolute Gasteiger partial charge is 0.496 e. The number of benzene rings is 3. The van der Waals surface area contributed by atoms with E-state index in [0.29, 0.717) is 30.2 Å². The van der Waals surface area contributed by atoms with Crippen LogP contribution in [0.15, 0.2) is 77.3 Å². The van der Waals surface area contributed by atoms with Crippen LogP contribution in [-0.4, -0.2) is 56.1 Å². The second-order valence-corrected chi connectivity index (χ2v) is 8.65. The Morgan fingerprint density at radius 2 is 1.34 bits per heavy atom. The number of ether oxygens (including phenoxy) is 2. The van der Waals surface area contributed by atoms with Gasteiger partial charge in [-0.3, -0.25) is 9.69 Å². The Balaban J connectivity index is 1.55. The number of hydrogen-bond donors (Lipinski definition) is 0. The molecule has 1 heterocycles. The van der Waals surface area contributed by atoms with Crippen LogP contribution in [-0.2, 0) is 0 Å². The van der Waals surface area contributed by atoms with Gasteiger partial charge in [0.25, 0.3) is 5.91 Å². The Kier molecular flexibility index (Phi) is 7.12. The standard InChI is InChI=1S/C26H27BrN2O3/c1-31-22-9-6-10-23(32-2)24(22)26(30)29-17-15-28(16-18-29)25(19-7-4-3-5-8-19)20-11-13-21(27)14-12-20/h3-14,25H,15-18H2,1-2H3/t25-/m0/s1. The SMILES string of the molecule is COc1cccc(OC)c1C(=O)N1CCN([C@@H](c2ccccc2)c2ccc(Br)cc2)CC1. The summed E-state index contributed by atoms with van der Waals surface area (Å²) in [7, 11) is 3.15. The molecule has 5 nitrogen and oxygen atoms in total. The number of hydrogen-bond acceptors (Lipinski definition) is 4. The molecule has 1 aliphatic heterocycles. The highest BCUT2D eigenvalue weighted by Crippen LogP contribution is 2.33. The van der Waals surface area contributed by atoms with Crippen molar-refractivity contribution < 1.29 is 14.3 Å². The maximum Gasteiger partial charge on any atom is 0.261 e. The maximum atomic E-state index is 13.4.